The van der Waals surface area contributed by atoms with Gasteiger partial charge in [0, 0.05) is 20.1 Å². The second-order valence-electron chi connectivity index (χ2n) is 5.20. The lowest BCUT2D eigenvalue weighted by Crippen LogP contribution is -2.29. The van der Waals surface area contributed by atoms with Gasteiger partial charge in [-0.15, -0.1) is 0 Å². The van der Waals surface area contributed by atoms with Gasteiger partial charge in [0.1, 0.15) is 10.7 Å². The van der Waals surface area contributed by atoms with E-state index in [1.165, 1.54) is 11.3 Å². The highest BCUT2D eigenvalue weighted by atomic mass is 32.2. The van der Waals surface area contributed by atoms with Crippen LogP contribution in [0, 0.1) is 5.92 Å². The Bertz CT molecular complexity index is 626. The molecule has 1 atom stereocenters. The molecule has 1 unspecified atom stereocenters. The zero-order valence-electron chi connectivity index (χ0n) is 12.1. The molecule has 2 heterocycles. The minimum absolute atomic E-state index is 0.00844. The van der Waals surface area contributed by atoms with Crippen molar-refractivity contribution in [2.24, 2.45) is 5.92 Å². The predicted molar refractivity (Wildman–Crippen MR) is 84.6 cm³/mol. The molecular formula is C12H20N4O3S2. The van der Waals surface area contributed by atoms with Crippen molar-refractivity contribution in [3.63, 3.8) is 0 Å². The van der Waals surface area contributed by atoms with Gasteiger partial charge in [-0.05, 0) is 19.3 Å². The number of hydrogen-bond acceptors (Lipinski definition) is 7. The molecule has 1 fully saturated rings. The van der Waals surface area contributed by atoms with Gasteiger partial charge in [-0.1, -0.05) is 11.3 Å². The van der Waals surface area contributed by atoms with Crippen LogP contribution in [0.4, 0.5) is 10.9 Å². The van der Waals surface area contributed by atoms with E-state index in [1.54, 1.807) is 0 Å². The van der Waals surface area contributed by atoms with Crippen LogP contribution in [0.15, 0.2) is 0 Å². The molecule has 0 aromatic carbocycles. The fourth-order valence-electron chi connectivity index (χ4n) is 2.13. The monoisotopic (exact) mass is 332 g/mol. The number of nitrogen functional groups attached to an aromatic ring is 1. The van der Waals surface area contributed by atoms with Crippen molar-refractivity contribution < 1.29 is 13.2 Å². The summed E-state index contributed by atoms with van der Waals surface area (Å²) in [4.78, 5) is 18.6. The van der Waals surface area contributed by atoms with Crippen LogP contribution >= 0.6 is 11.3 Å². The molecule has 3 N–H and O–H groups in total. The van der Waals surface area contributed by atoms with Crippen LogP contribution in [0.25, 0.3) is 0 Å². The van der Waals surface area contributed by atoms with Gasteiger partial charge in [-0.3, -0.25) is 4.79 Å². The molecule has 1 saturated heterocycles. The summed E-state index contributed by atoms with van der Waals surface area (Å²) in [5, 5.41) is 3.46. The molecule has 1 aliphatic rings. The van der Waals surface area contributed by atoms with Gasteiger partial charge in [0.25, 0.3) is 5.91 Å². The summed E-state index contributed by atoms with van der Waals surface area (Å²) in [6, 6.07) is 0. The first-order valence-corrected chi connectivity index (χ1v) is 9.42. The number of carbonyl (C=O) groups excluding carboxylic acids is 1. The van der Waals surface area contributed by atoms with Gasteiger partial charge < -0.3 is 16.0 Å². The minimum atomic E-state index is -2.92. The van der Waals surface area contributed by atoms with E-state index in [2.05, 4.69) is 10.3 Å². The molecule has 7 nitrogen and oxygen atoms in total. The van der Waals surface area contributed by atoms with Crippen LogP contribution in [0.1, 0.15) is 23.0 Å². The summed E-state index contributed by atoms with van der Waals surface area (Å²) in [6.07, 6.45) is 0.602. The van der Waals surface area contributed by atoms with E-state index < -0.39 is 9.84 Å². The van der Waals surface area contributed by atoms with E-state index in [4.69, 9.17) is 5.73 Å². The number of rotatable bonds is 5. The number of sulfone groups is 1. The molecule has 118 valence electrons. The van der Waals surface area contributed by atoms with Crippen LogP contribution in [-0.2, 0) is 9.84 Å². The topological polar surface area (TPSA) is 105 Å². The van der Waals surface area contributed by atoms with Gasteiger partial charge in [-0.2, -0.15) is 0 Å². The SMILES string of the molecule is CCN(C)c1nc(N)c(C(=O)NCC2CCS(=O)(=O)C2)s1. The lowest BCUT2D eigenvalue weighted by Gasteiger charge is -2.11. The van der Waals surface area contributed by atoms with Crippen molar-refractivity contribution >= 4 is 38.0 Å². The Kier molecular flexibility index (Phi) is 4.72. The lowest BCUT2D eigenvalue weighted by atomic mass is 10.1. The molecule has 0 radical (unpaired) electrons. The van der Waals surface area contributed by atoms with E-state index in [1.807, 2.05) is 18.9 Å². The number of nitrogens with two attached hydrogens (primary N) is 1. The zero-order valence-corrected chi connectivity index (χ0v) is 13.8. The molecule has 21 heavy (non-hydrogen) atoms. The largest absolute Gasteiger partial charge is 0.382 e. The molecular weight excluding hydrogens is 312 g/mol. The second-order valence-corrected chi connectivity index (χ2v) is 8.41. The first-order chi connectivity index (χ1) is 9.82. The van der Waals surface area contributed by atoms with E-state index in [0.717, 1.165) is 6.54 Å². The maximum atomic E-state index is 12.1. The molecule has 2 rings (SSSR count). The van der Waals surface area contributed by atoms with Gasteiger partial charge in [0.15, 0.2) is 15.0 Å². The molecule has 1 amide bonds. The van der Waals surface area contributed by atoms with Gasteiger partial charge in [0.05, 0.1) is 11.5 Å². The van der Waals surface area contributed by atoms with Crippen molar-refractivity contribution in [2.75, 3.05) is 42.3 Å². The Morgan fingerprint density at radius 2 is 2.29 bits per heavy atom. The Morgan fingerprint density at radius 3 is 2.86 bits per heavy atom. The Balaban J connectivity index is 1.96. The highest BCUT2D eigenvalue weighted by molar-refractivity contribution is 7.91. The van der Waals surface area contributed by atoms with Crippen molar-refractivity contribution in [3.8, 4) is 0 Å². The summed E-state index contributed by atoms with van der Waals surface area (Å²) in [6.45, 7) is 3.11. The average Bonchev–Trinajstić information content (AvgIpc) is 2.98. The van der Waals surface area contributed by atoms with E-state index in [0.29, 0.717) is 23.0 Å². The highest BCUT2D eigenvalue weighted by Gasteiger charge is 2.28. The number of nitrogens with one attached hydrogen (secondary N) is 1. The molecule has 0 aliphatic carbocycles. The third kappa shape index (κ3) is 3.85. The highest BCUT2D eigenvalue weighted by Crippen LogP contribution is 2.27. The van der Waals surface area contributed by atoms with Crippen LogP contribution < -0.4 is 16.0 Å². The first-order valence-electron chi connectivity index (χ1n) is 6.78. The number of thiazole rings is 1. The van der Waals surface area contributed by atoms with Crippen LogP contribution in [0.5, 0.6) is 0 Å². The number of nitrogens with zero attached hydrogens (tertiary/aromatic N) is 2. The van der Waals surface area contributed by atoms with E-state index in [-0.39, 0.29) is 29.1 Å². The summed E-state index contributed by atoms with van der Waals surface area (Å²) < 4.78 is 22.7. The van der Waals surface area contributed by atoms with E-state index in [9.17, 15) is 13.2 Å². The Labute approximate surface area is 128 Å². The normalized spacial score (nSPS) is 20.4. The van der Waals surface area contributed by atoms with Crippen LogP contribution in [0.2, 0.25) is 0 Å². The minimum Gasteiger partial charge on any atom is -0.382 e. The zero-order chi connectivity index (χ0) is 15.6. The van der Waals surface area contributed by atoms with Gasteiger partial charge in [-0.25, -0.2) is 13.4 Å². The summed E-state index contributed by atoms with van der Waals surface area (Å²) in [5.41, 5.74) is 5.78. The van der Waals surface area contributed by atoms with Crippen LogP contribution in [-0.4, -0.2) is 51.0 Å². The molecule has 9 heteroatoms. The van der Waals surface area contributed by atoms with Crippen molar-refractivity contribution in [1.29, 1.82) is 0 Å². The maximum Gasteiger partial charge on any atom is 0.265 e. The predicted octanol–water partition coefficient (Wildman–Crippen LogP) is 0.346. The number of amides is 1. The molecule has 1 aromatic heterocycles. The summed E-state index contributed by atoms with van der Waals surface area (Å²) >= 11 is 1.24. The molecule has 0 spiro atoms. The average molecular weight is 332 g/mol. The summed E-state index contributed by atoms with van der Waals surface area (Å²) in [7, 11) is -1.04. The van der Waals surface area contributed by atoms with Crippen molar-refractivity contribution in [3.05, 3.63) is 4.88 Å². The Morgan fingerprint density at radius 1 is 1.57 bits per heavy atom. The number of anilines is 2. The van der Waals surface area contributed by atoms with Crippen molar-refractivity contribution in [2.45, 2.75) is 13.3 Å². The van der Waals surface area contributed by atoms with E-state index >= 15 is 0 Å². The third-order valence-electron chi connectivity index (χ3n) is 3.53. The Hall–Kier alpha value is -1.35. The fraction of sp³-hybridized carbons (Fsp3) is 0.667. The number of aromatic nitrogens is 1. The van der Waals surface area contributed by atoms with Gasteiger partial charge in [0.2, 0.25) is 0 Å². The quantitative estimate of drug-likeness (QED) is 0.806. The van der Waals surface area contributed by atoms with Crippen LogP contribution in [0.3, 0.4) is 0 Å². The summed E-state index contributed by atoms with van der Waals surface area (Å²) in [5.74, 6) is 0.277. The number of carbonyl (C=O) groups is 1. The second kappa shape index (κ2) is 6.18. The lowest BCUT2D eigenvalue weighted by molar-refractivity contribution is 0.0953. The third-order valence-corrected chi connectivity index (χ3v) is 6.55. The molecule has 1 aromatic rings. The molecule has 1 aliphatic heterocycles. The smallest absolute Gasteiger partial charge is 0.265 e. The standard InChI is InChI=1S/C12H20N4O3S2/c1-3-16(2)12-15-10(13)9(20-12)11(17)14-6-8-4-5-21(18,19)7-8/h8H,3-7,13H2,1-2H3,(H,14,17). The van der Waals surface area contributed by atoms with Crippen molar-refractivity contribution in [1.82, 2.24) is 10.3 Å². The molecule has 0 bridgehead atoms. The fourth-order valence-corrected chi connectivity index (χ4v) is 4.92. The first kappa shape index (κ1) is 16.0. The maximum absolute atomic E-state index is 12.1. The van der Waals surface area contributed by atoms with Gasteiger partial charge >= 0.3 is 0 Å². The molecule has 0 saturated carbocycles. The number of hydrogen-bond donors (Lipinski definition) is 2.